The number of rotatable bonds is 4. The molecule has 0 aliphatic rings. The van der Waals surface area contributed by atoms with Gasteiger partial charge in [-0.1, -0.05) is 30.3 Å². The second-order valence-corrected chi connectivity index (χ2v) is 7.85. The number of benzene rings is 2. The first-order valence-corrected chi connectivity index (χ1v) is 9.61. The number of nitrogens with one attached hydrogen (secondary N) is 1. The van der Waals surface area contributed by atoms with E-state index in [4.69, 9.17) is 0 Å². The van der Waals surface area contributed by atoms with Crippen molar-refractivity contribution in [2.45, 2.75) is 20.3 Å². The molecule has 1 aromatic heterocycles. The smallest absolute Gasteiger partial charge is 0.258 e. The highest BCUT2D eigenvalue weighted by Gasteiger charge is 2.15. The zero-order valence-corrected chi connectivity index (χ0v) is 16.7. The molecule has 0 unspecified atom stereocenters. The molecule has 1 heterocycles. The number of carbonyl (C=O) groups is 1. The quantitative estimate of drug-likeness (QED) is 0.527. The van der Waals surface area contributed by atoms with E-state index < -0.39 is 0 Å². The summed E-state index contributed by atoms with van der Waals surface area (Å²) in [5, 5.41) is 3.39. The largest absolute Gasteiger partial charge is 0.298 e. The minimum Gasteiger partial charge on any atom is -0.298 e. The van der Waals surface area contributed by atoms with E-state index in [-0.39, 0.29) is 11.7 Å². The molecule has 0 saturated heterocycles. The molecule has 3 rings (SSSR count). The zero-order chi connectivity index (χ0) is 18.0. The van der Waals surface area contributed by atoms with Crippen LogP contribution in [-0.4, -0.2) is 10.9 Å². The second kappa shape index (κ2) is 7.61. The van der Waals surface area contributed by atoms with Gasteiger partial charge in [0.05, 0.1) is 11.3 Å². The average Bonchev–Trinajstić information content (AvgIpc) is 2.91. The van der Waals surface area contributed by atoms with Crippen LogP contribution in [0.1, 0.15) is 32.1 Å². The number of hydrogen-bond acceptors (Lipinski definition) is 3. The number of amides is 1. The zero-order valence-electron chi connectivity index (χ0n) is 13.8. The summed E-state index contributed by atoms with van der Waals surface area (Å²) in [5.74, 6) is -0.408. The maximum absolute atomic E-state index is 13.8. The van der Waals surface area contributed by atoms with E-state index in [1.165, 1.54) is 17.4 Å². The molecule has 0 bridgehead atoms. The van der Waals surface area contributed by atoms with Gasteiger partial charge in [0.1, 0.15) is 5.82 Å². The van der Waals surface area contributed by atoms with Gasteiger partial charge >= 0.3 is 0 Å². The van der Waals surface area contributed by atoms with E-state index in [1.54, 1.807) is 18.2 Å². The lowest BCUT2D eigenvalue weighted by atomic mass is 10.1. The van der Waals surface area contributed by atoms with Crippen molar-refractivity contribution in [3.05, 3.63) is 79.1 Å². The highest BCUT2D eigenvalue weighted by atomic mass is 127. The third kappa shape index (κ3) is 4.07. The van der Waals surface area contributed by atoms with E-state index in [2.05, 4.69) is 32.9 Å². The van der Waals surface area contributed by atoms with Crippen molar-refractivity contribution < 1.29 is 9.18 Å². The Morgan fingerprint density at radius 2 is 1.96 bits per heavy atom. The molecule has 2 aromatic carbocycles. The summed E-state index contributed by atoms with van der Waals surface area (Å²) in [6, 6.07) is 12.3. The molecular formula is C19H16FIN2OS. The number of hydrogen-bond donors (Lipinski definition) is 1. The monoisotopic (exact) mass is 466 g/mol. The fourth-order valence-electron chi connectivity index (χ4n) is 2.45. The van der Waals surface area contributed by atoms with Gasteiger partial charge in [-0.05, 0) is 59.7 Å². The maximum atomic E-state index is 13.8. The maximum Gasteiger partial charge on any atom is 0.258 e. The molecule has 0 aliphatic carbocycles. The third-order valence-corrected chi connectivity index (χ3v) is 6.36. The first kappa shape index (κ1) is 18.0. The normalized spacial score (nSPS) is 10.7. The predicted octanol–water partition coefficient (Wildman–Crippen LogP) is 5.35. The van der Waals surface area contributed by atoms with Crippen LogP contribution >= 0.6 is 33.9 Å². The number of carbonyl (C=O) groups excluding carboxylic acids is 1. The summed E-state index contributed by atoms with van der Waals surface area (Å²) in [6.07, 6.45) is 0.466. The SMILES string of the molecule is Cc1cccc(C(=O)Nc2nc(C)c(Cc3ccccc3F)s2)c1I. The Morgan fingerprint density at radius 1 is 1.20 bits per heavy atom. The van der Waals surface area contributed by atoms with Crippen LogP contribution in [0.5, 0.6) is 0 Å². The van der Waals surface area contributed by atoms with Crippen LogP contribution in [0.2, 0.25) is 0 Å². The van der Waals surface area contributed by atoms with Crippen molar-refractivity contribution in [1.82, 2.24) is 4.98 Å². The molecule has 1 amide bonds. The molecule has 6 heteroatoms. The van der Waals surface area contributed by atoms with Gasteiger partial charge < -0.3 is 0 Å². The van der Waals surface area contributed by atoms with E-state index in [0.717, 1.165) is 19.7 Å². The molecule has 0 aliphatic heterocycles. The Labute approximate surface area is 163 Å². The third-order valence-electron chi connectivity index (χ3n) is 3.86. The minimum atomic E-state index is -0.227. The first-order valence-electron chi connectivity index (χ1n) is 7.72. The van der Waals surface area contributed by atoms with Crippen molar-refractivity contribution in [2.24, 2.45) is 0 Å². The molecule has 0 saturated carbocycles. The van der Waals surface area contributed by atoms with Crippen LogP contribution in [0.25, 0.3) is 0 Å². The highest BCUT2D eigenvalue weighted by molar-refractivity contribution is 14.1. The number of nitrogens with zero attached hydrogens (tertiary/aromatic N) is 1. The number of aryl methyl sites for hydroxylation is 2. The summed E-state index contributed by atoms with van der Waals surface area (Å²) in [6.45, 7) is 3.84. The standard InChI is InChI=1S/C19H16FIN2OS/c1-11-6-5-8-14(17(11)21)18(24)23-19-22-12(2)16(25-19)10-13-7-3-4-9-15(13)20/h3-9H,10H2,1-2H3,(H,22,23,24). The van der Waals surface area contributed by atoms with Gasteiger partial charge in [0, 0.05) is 14.9 Å². The summed E-state index contributed by atoms with van der Waals surface area (Å²) in [5.41, 5.74) is 3.12. The summed E-state index contributed by atoms with van der Waals surface area (Å²) < 4.78 is 14.8. The lowest BCUT2D eigenvalue weighted by molar-refractivity contribution is 0.102. The van der Waals surface area contributed by atoms with Crippen molar-refractivity contribution in [2.75, 3.05) is 5.32 Å². The summed E-state index contributed by atoms with van der Waals surface area (Å²) in [7, 11) is 0. The molecule has 128 valence electrons. The Morgan fingerprint density at radius 3 is 2.72 bits per heavy atom. The van der Waals surface area contributed by atoms with Crippen LogP contribution in [-0.2, 0) is 6.42 Å². The fraction of sp³-hybridized carbons (Fsp3) is 0.158. The van der Waals surface area contributed by atoms with Crippen molar-refractivity contribution in [1.29, 1.82) is 0 Å². The van der Waals surface area contributed by atoms with E-state index in [9.17, 15) is 9.18 Å². The molecule has 0 radical (unpaired) electrons. The van der Waals surface area contributed by atoms with Crippen molar-refractivity contribution >= 4 is 45.0 Å². The number of aromatic nitrogens is 1. The van der Waals surface area contributed by atoms with Crippen LogP contribution in [0, 0.1) is 23.2 Å². The molecule has 3 aromatic rings. The van der Waals surface area contributed by atoms with Gasteiger partial charge in [-0.3, -0.25) is 10.1 Å². The van der Waals surface area contributed by atoms with E-state index in [0.29, 0.717) is 22.7 Å². The van der Waals surface area contributed by atoms with Gasteiger partial charge in [-0.15, -0.1) is 11.3 Å². The molecule has 0 fully saturated rings. The van der Waals surface area contributed by atoms with Gasteiger partial charge in [0.25, 0.3) is 5.91 Å². The van der Waals surface area contributed by atoms with Crippen LogP contribution < -0.4 is 5.32 Å². The van der Waals surface area contributed by atoms with Crippen LogP contribution in [0.3, 0.4) is 0 Å². The Balaban J connectivity index is 1.80. The fourth-order valence-corrected chi connectivity index (χ4v) is 4.03. The van der Waals surface area contributed by atoms with Crippen LogP contribution in [0.4, 0.5) is 9.52 Å². The Hall–Kier alpha value is -1.80. The Kier molecular flexibility index (Phi) is 5.48. The molecule has 25 heavy (non-hydrogen) atoms. The number of thiazole rings is 1. The van der Waals surface area contributed by atoms with E-state index in [1.807, 2.05) is 32.0 Å². The molecule has 0 atom stereocenters. The van der Waals surface area contributed by atoms with Gasteiger partial charge in [0.2, 0.25) is 0 Å². The van der Waals surface area contributed by atoms with Gasteiger partial charge in [-0.2, -0.15) is 0 Å². The molecule has 0 spiro atoms. The second-order valence-electron chi connectivity index (χ2n) is 5.69. The predicted molar refractivity (Wildman–Crippen MR) is 108 cm³/mol. The van der Waals surface area contributed by atoms with Crippen molar-refractivity contribution in [3.8, 4) is 0 Å². The molecule has 3 nitrogen and oxygen atoms in total. The first-order chi connectivity index (χ1) is 12.0. The lowest BCUT2D eigenvalue weighted by Crippen LogP contribution is -2.13. The van der Waals surface area contributed by atoms with Crippen molar-refractivity contribution in [3.63, 3.8) is 0 Å². The summed E-state index contributed by atoms with van der Waals surface area (Å²) in [4.78, 5) is 17.9. The van der Waals surface area contributed by atoms with Gasteiger partial charge in [-0.25, -0.2) is 9.37 Å². The average molecular weight is 466 g/mol. The number of anilines is 1. The minimum absolute atomic E-state index is 0.181. The lowest BCUT2D eigenvalue weighted by Gasteiger charge is -2.06. The Bertz CT molecular complexity index is 939. The number of halogens is 2. The van der Waals surface area contributed by atoms with E-state index >= 15 is 0 Å². The topological polar surface area (TPSA) is 42.0 Å². The molecular weight excluding hydrogens is 450 g/mol. The molecule has 1 N–H and O–H groups in total. The van der Waals surface area contributed by atoms with Crippen LogP contribution in [0.15, 0.2) is 42.5 Å². The van der Waals surface area contributed by atoms with Gasteiger partial charge in [0.15, 0.2) is 5.13 Å². The highest BCUT2D eigenvalue weighted by Crippen LogP contribution is 2.27. The summed E-state index contributed by atoms with van der Waals surface area (Å²) >= 11 is 3.56.